The molecular weight excluding hydrogens is 300 g/mol. The van der Waals surface area contributed by atoms with Crippen molar-refractivity contribution >= 4 is 22.6 Å². The molecule has 0 aliphatic carbocycles. The molecule has 24 heavy (non-hydrogen) atoms. The number of carbonyl (C=O) groups is 1. The van der Waals surface area contributed by atoms with E-state index in [0.29, 0.717) is 11.6 Å². The van der Waals surface area contributed by atoms with Crippen LogP contribution >= 0.6 is 0 Å². The van der Waals surface area contributed by atoms with E-state index < -0.39 is 0 Å². The molecule has 0 aliphatic rings. The Morgan fingerprint density at radius 2 is 2.00 bits per heavy atom. The molecule has 0 bridgehead atoms. The highest BCUT2D eigenvalue weighted by molar-refractivity contribution is 5.92. The Labute approximate surface area is 140 Å². The van der Waals surface area contributed by atoms with Gasteiger partial charge in [-0.15, -0.1) is 0 Å². The summed E-state index contributed by atoms with van der Waals surface area (Å²) in [7, 11) is 0. The van der Waals surface area contributed by atoms with Crippen molar-refractivity contribution in [3.63, 3.8) is 0 Å². The molecule has 0 saturated heterocycles. The van der Waals surface area contributed by atoms with Crippen molar-refractivity contribution in [2.45, 2.75) is 26.2 Å². The zero-order valence-electron chi connectivity index (χ0n) is 13.6. The van der Waals surface area contributed by atoms with Crippen LogP contribution in [0.5, 0.6) is 0 Å². The van der Waals surface area contributed by atoms with Gasteiger partial charge in [-0.05, 0) is 47.9 Å². The van der Waals surface area contributed by atoms with E-state index in [1.54, 1.807) is 12.1 Å². The molecule has 2 N–H and O–H groups in total. The van der Waals surface area contributed by atoms with Gasteiger partial charge in [0.25, 0.3) is 0 Å². The number of carbonyl (C=O) groups excluding carboxylic acids is 1. The van der Waals surface area contributed by atoms with Gasteiger partial charge in [0.1, 0.15) is 12.2 Å². The van der Waals surface area contributed by atoms with Crippen LogP contribution in [0.15, 0.2) is 42.5 Å². The molecule has 1 heterocycles. The molecule has 0 unspecified atom stereocenters. The van der Waals surface area contributed by atoms with E-state index >= 15 is 0 Å². The zero-order valence-corrected chi connectivity index (χ0v) is 13.6. The van der Waals surface area contributed by atoms with Gasteiger partial charge in [0.15, 0.2) is 0 Å². The summed E-state index contributed by atoms with van der Waals surface area (Å²) in [6, 6.07) is 15.5. The number of benzene rings is 2. The number of aromatic nitrogens is 2. The summed E-state index contributed by atoms with van der Waals surface area (Å²) < 4.78 is 0. The van der Waals surface area contributed by atoms with Crippen molar-refractivity contribution in [3.8, 4) is 17.5 Å². The molecule has 0 radical (unpaired) electrons. The van der Waals surface area contributed by atoms with Crippen LogP contribution in [-0.2, 0) is 4.79 Å². The quantitative estimate of drug-likeness (QED) is 0.756. The van der Waals surface area contributed by atoms with Crippen LogP contribution in [0.25, 0.3) is 22.4 Å². The number of rotatable bonds is 4. The van der Waals surface area contributed by atoms with Crippen LogP contribution in [0, 0.1) is 11.3 Å². The SMILES string of the molecule is CC(C)c1ccc2nc(-c3ccc(NC(=O)CC#N)cc3)[nH]c2c1. The van der Waals surface area contributed by atoms with Crippen LogP contribution < -0.4 is 5.32 Å². The maximum absolute atomic E-state index is 11.4. The molecule has 0 fully saturated rings. The van der Waals surface area contributed by atoms with Gasteiger partial charge >= 0.3 is 0 Å². The maximum Gasteiger partial charge on any atom is 0.238 e. The second-order valence-electron chi connectivity index (χ2n) is 5.98. The lowest BCUT2D eigenvalue weighted by Gasteiger charge is -2.03. The van der Waals surface area contributed by atoms with Crippen LogP contribution in [0.3, 0.4) is 0 Å². The molecule has 2 aromatic carbocycles. The Morgan fingerprint density at radius 3 is 2.67 bits per heavy atom. The molecule has 0 saturated carbocycles. The maximum atomic E-state index is 11.4. The molecule has 3 aromatic rings. The van der Waals surface area contributed by atoms with Gasteiger partial charge in [-0.2, -0.15) is 5.26 Å². The summed E-state index contributed by atoms with van der Waals surface area (Å²) in [5.41, 5.74) is 4.82. The van der Waals surface area contributed by atoms with E-state index in [9.17, 15) is 4.79 Å². The number of nitriles is 1. The fraction of sp³-hybridized carbons (Fsp3) is 0.211. The average molecular weight is 318 g/mol. The molecule has 0 aliphatic heterocycles. The van der Waals surface area contributed by atoms with E-state index in [-0.39, 0.29) is 12.3 Å². The van der Waals surface area contributed by atoms with E-state index in [1.165, 1.54) is 5.56 Å². The fourth-order valence-corrected chi connectivity index (χ4v) is 2.51. The van der Waals surface area contributed by atoms with Crippen molar-refractivity contribution in [1.29, 1.82) is 5.26 Å². The highest BCUT2D eigenvalue weighted by Gasteiger charge is 2.08. The summed E-state index contributed by atoms with van der Waals surface area (Å²) >= 11 is 0. The lowest BCUT2D eigenvalue weighted by molar-refractivity contribution is -0.115. The van der Waals surface area contributed by atoms with E-state index in [1.807, 2.05) is 24.3 Å². The number of aromatic amines is 1. The number of hydrogen-bond donors (Lipinski definition) is 2. The number of nitrogens with zero attached hydrogens (tertiary/aromatic N) is 2. The minimum atomic E-state index is -0.310. The van der Waals surface area contributed by atoms with E-state index in [2.05, 4.69) is 41.3 Å². The molecule has 5 heteroatoms. The topological polar surface area (TPSA) is 81.6 Å². The summed E-state index contributed by atoms with van der Waals surface area (Å²) in [6.07, 6.45) is -0.149. The highest BCUT2D eigenvalue weighted by atomic mass is 16.1. The van der Waals surface area contributed by atoms with Crippen molar-refractivity contribution in [2.24, 2.45) is 0 Å². The number of hydrogen-bond acceptors (Lipinski definition) is 3. The van der Waals surface area contributed by atoms with Crippen LogP contribution in [-0.4, -0.2) is 15.9 Å². The number of amides is 1. The standard InChI is InChI=1S/C19H18N4O/c1-12(2)14-5-8-16-17(11-14)23-19(22-16)13-3-6-15(7-4-13)21-18(24)9-10-20/h3-8,11-12H,9H2,1-2H3,(H,21,24)(H,22,23). The second-order valence-corrected chi connectivity index (χ2v) is 5.98. The normalized spacial score (nSPS) is 10.8. The predicted octanol–water partition coefficient (Wildman–Crippen LogP) is 4.21. The Morgan fingerprint density at radius 1 is 1.25 bits per heavy atom. The van der Waals surface area contributed by atoms with Gasteiger partial charge in [0.2, 0.25) is 5.91 Å². The van der Waals surface area contributed by atoms with Gasteiger partial charge in [0, 0.05) is 11.3 Å². The number of anilines is 1. The molecule has 0 atom stereocenters. The molecule has 5 nitrogen and oxygen atoms in total. The summed E-state index contributed by atoms with van der Waals surface area (Å²) in [5, 5.41) is 11.2. The monoisotopic (exact) mass is 318 g/mol. The number of fused-ring (bicyclic) bond motifs is 1. The van der Waals surface area contributed by atoms with Crippen LogP contribution in [0.2, 0.25) is 0 Å². The van der Waals surface area contributed by atoms with E-state index in [4.69, 9.17) is 5.26 Å². The predicted molar refractivity (Wildman–Crippen MR) is 94.5 cm³/mol. The van der Waals surface area contributed by atoms with Crippen LogP contribution in [0.4, 0.5) is 5.69 Å². The first-order valence-corrected chi connectivity index (χ1v) is 7.83. The Kier molecular flexibility index (Phi) is 4.30. The summed E-state index contributed by atoms with van der Waals surface area (Å²) in [5.74, 6) is 0.952. The fourth-order valence-electron chi connectivity index (χ4n) is 2.51. The smallest absolute Gasteiger partial charge is 0.238 e. The summed E-state index contributed by atoms with van der Waals surface area (Å²) in [6.45, 7) is 4.33. The molecule has 1 amide bonds. The second kappa shape index (κ2) is 6.55. The van der Waals surface area contributed by atoms with Crippen molar-refractivity contribution in [3.05, 3.63) is 48.0 Å². The zero-order chi connectivity index (χ0) is 17.1. The van der Waals surface area contributed by atoms with Crippen molar-refractivity contribution in [1.82, 2.24) is 9.97 Å². The third kappa shape index (κ3) is 3.28. The minimum absolute atomic E-state index is 0.149. The van der Waals surface area contributed by atoms with Gasteiger partial charge < -0.3 is 10.3 Å². The van der Waals surface area contributed by atoms with Gasteiger partial charge in [-0.25, -0.2) is 4.98 Å². The first-order valence-electron chi connectivity index (χ1n) is 7.83. The van der Waals surface area contributed by atoms with E-state index in [0.717, 1.165) is 22.4 Å². The Bertz CT molecular complexity index is 917. The first-order chi connectivity index (χ1) is 11.6. The first kappa shape index (κ1) is 15.8. The van der Waals surface area contributed by atoms with Crippen molar-refractivity contribution < 1.29 is 4.79 Å². The van der Waals surface area contributed by atoms with Gasteiger partial charge in [0.05, 0.1) is 17.1 Å². The Balaban J connectivity index is 1.85. The number of nitrogens with one attached hydrogen (secondary N) is 2. The number of H-pyrrole nitrogens is 1. The molecule has 3 rings (SSSR count). The molecule has 1 aromatic heterocycles. The molecule has 120 valence electrons. The van der Waals surface area contributed by atoms with Crippen molar-refractivity contribution in [2.75, 3.05) is 5.32 Å². The Hall–Kier alpha value is -3.13. The highest BCUT2D eigenvalue weighted by Crippen LogP contribution is 2.24. The third-order valence-electron chi connectivity index (χ3n) is 3.85. The number of imidazole rings is 1. The van der Waals surface area contributed by atoms with Gasteiger partial charge in [-0.1, -0.05) is 19.9 Å². The summed E-state index contributed by atoms with van der Waals surface area (Å²) in [4.78, 5) is 19.4. The molecule has 0 spiro atoms. The van der Waals surface area contributed by atoms with Gasteiger partial charge in [-0.3, -0.25) is 4.79 Å². The van der Waals surface area contributed by atoms with Crippen LogP contribution in [0.1, 0.15) is 31.7 Å². The average Bonchev–Trinajstić information content (AvgIpc) is 2.98. The lowest BCUT2D eigenvalue weighted by atomic mass is 10.0. The minimum Gasteiger partial charge on any atom is -0.338 e. The lowest BCUT2D eigenvalue weighted by Crippen LogP contribution is -2.09. The molecular formula is C19H18N4O. The largest absolute Gasteiger partial charge is 0.338 e. The third-order valence-corrected chi connectivity index (χ3v) is 3.85.